The van der Waals surface area contributed by atoms with Gasteiger partial charge in [-0.05, 0) is 55.0 Å². The Labute approximate surface area is 202 Å². The summed E-state index contributed by atoms with van der Waals surface area (Å²) >= 11 is 0. The maximum Gasteiger partial charge on any atom is 0.338 e. The average molecular weight is 473 g/mol. The van der Waals surface area contributed by atoms with Gasteiger partial charge in [0.25, 0.3) is 0 Å². The minimum absolute atomic E-state index is 0.0372. The highest BCUT2D eigenvalue weighted by atomic mass is 16.5. The van der Waals surface area contributed by atoms with Crippen LogP contribution in [0.25, 0.3) is 0 Å². The van der Waals surface area contributed by atoms with Crippen molar-refractivity contribution in [1.29, 1.82) is 0 Å². The monoisotopic (exact) mass is 472 g/mol. The highest BCUT2D eigenvalue weighted by Gasteiger charge is 2.20. The van der Waals surface area contributed by atoms with Gasteiger partial charge >= 0.3 is 5.97 Å². The standard InChI is InChI=1S/C26H36N2O6/c1-3-16-32-17-18-33-25-8-4-21(5-9-25)26(30)34-20-23(29)19-27-12-14-28(15-13-27)22-6-10-24(31-2)11-7-22/h4-11,23,29H,3,12-20H2,1-2H3. The number of hydrogen-bond acceptors (Lipinski definition) is 8. The first-order valence-corrected chi connectivity index (χ1v) is 11.9. The zero-order valence-corrected chi connectivity index (χ0v) is 20.2. The quantitative estimate of drug-likeness (QED) is 0.352. The van der Waals surface area contributed by atoms with E-state index in [0.29, 0.717) is 31.1 Å². The summed E-state index contributed by atoms with van der Waals surface area (Å²) in [5.41, 5.74) is 1.59. The minimum atomic E-state index is -0.734. The Kier molecular flexibility index (Phi) is 10.5. The van der Waals surface area contributed by atoms with Gasteiger partial charge in [-0.2, -0.15) is 0 Å². The number of carbonyl (C=O) groups excluding carboxylic acids is 1. The molecule has 0 aliphatic carbocycles. The summed E-state index contributed by atoms with van der Waals surface area (Å²) in [5, 5.41) is 10.4. The van der Waals surface area contributed by atoms with Crippen molar-refractivity contribution in [3.8, 4) is 11.5 Å². The van der Waals surface area contributed by atoms with Crippen molar-refractivity contribution in [1.82, 2.24) is 4.90 Å². The Bertz CT molecular complexity index is 851. The first kappa shape index (κ1) is 25.8. The van der Waals surface area contributed by atoms with Crippen LogP contribution in [0.4, 0.5) is 5.69 Å². The van der Waals surface area contributed by atoms with Gasteiger partial charge in [0.05, 0.1) is 19.3 Å². The zero-order valence-electron chi connectivity index (χ0n) is 20.2. The third-order valence-corrected chi connectivity index (χ3v) is 5.62. The highest BCUT2D eigenvalue weighted by Crippen LogP contribution is 2.20. The molecule has 1 fully saturated rings. The van der Waals surface area contributed by atoms with Crippen LogP contribution in [-0.2, 0) is 9.47 Å². The molecular weight excluding hydrogens is 436 g/mol. The number of esters is 1. The molecule has 34 heavy (non-hydrogen) atoms. The Morgan fingerprint density at radius 3 is 2.26 bits per heavy atom. The summed E-state index contributed by atoms with van der Waals surface area (Å²) < 4.78 is 21.5. The lowest BCUT2D eigenvalue weighted by atomic mass is 10.2. The van der Waals surface area contributed by atoms with Crippen LogP contribution in [0, 0.1) is 0 Å². The van der Waals surface area contributed by atoms with E-state index in [2.05, 4.69) is 28.9 Å². The molecule has 0 aromatic heterocycles. The summed E-state index contributed by atoms with van der Waals surface area (Å²) in [4.78, 5) is 16.8. The van der Waals surface area contributed by atoms with Crippen LogP contribution in [0.5, 0.6) is 11.5 Å². The first-order chi connectivity index (χ1) is 16.6. The van der Waals surface area contributed by atoms with Crippen LogP contribution in [0.3, 0.4) is 0 Å². The van der Waals surface area contributed by atoms with Crippen LogP contribution < -0.4 is 14.4 Å². The van der Waals surface area contributed by atoms with Gasteiger partial charge in [0.2, 0.25) is 0 Å². The smallest absolute Gasteiger partial charge is 0.338 e. The molecule has 3 rings (SSSR count). The summed E-state index contributed by atoms with van der Waals surface area (Å²) in [5.74, 6) is 1.06. The highest BCUT2D eigenvalue weighted by molar-refractivity contribution is 5.89. The van der Waals surface area contributed by atoms with Crippen molar-refractivity contribution in [3.05, 3.63) is 54.1 Å². The van der Waals surface area contributed by atoms with Crippen molar-refractivity contribution in [2.75, 3.05) is 71.2 Å². The van der Waals surface area contributed by atoms with Crippen LogP contribution >= 0.6 is 0 Å². The van der Waals surface area contributed by atoms with E-state index in [4.69, 9.17) is 18.9 Å². The number of hydrogen-bond donors (Lipinski definition) is 1. The van der Waals surface area contributed by atoms with Crippen molar-refractivity contribution < 1.29 is 28.8 Å². The number of carbonyl (C=O) groups is 1. The number of anilines is 1. The number of aliphatic hydroxyl groups excluding tert-OH is 1. The maximum atomic E-state index is 12.3. The molecule has 1 aliphatic rings. The lowest BCUT2D eigenvalue weighted by molar-refractivity contribution is 0.0152. The number of benzene rings is 2. The lowest BCUT2D eigenvalue weighted by Gasteiger charge is -2.36. The summed E-state index contributed by atoms with van der Waals surface area (Å²) in [7, 11) is 1.66. The van der Waals surface area contributed by atoms with Crippen LogP contribution in [0.15, 0.2) is 48.5 Å². The van der Waals surface area contributed by atoms with Gasteiger partial charge in [-0.1, -0.05) is 6.92 Å². The van der Waals surface area contributed by atoms with Gasteiger partial charge in [0.15, 0.2) is 0 Å². The van der Waals surface area contributed by atoms with E-state index in [1.165, 1.54) is 0 Å². The third kappa shape index (κ3) is 8.20. The molecule has 0 bridgehead atoms. The Balaban J connectivity index is 1.33. The number of piperazine rings is 1. The third-order valence-electron chi connectivity index (χ3n) is 5.62. The second kappa shape index (κ2) is 13.8. The molecule has 8 nitrogen and oxygen atoms in total. The molecule has 0 radical (unpaired) electrons. The topological polar surface area (TPSA) is 80.7 Å². The molecule has 1 aliphatic heterocycles. The predicted molar refractivity (Wildman–Crippen MR) is 131 cm³/mol. The van der Waals surface area contributed by atoms with Crippen LogP contribution in [0.2, 0.25) is 0 Å². The SMILES string of the molecule is CCCOCCOc1ccc(C(=O)OCC(O)CN2CCN(c3ccc(OC)cc3)CC2)cc1. The van der Waals surface area contributed by atoms with E-state index in [1.807, 2.05) is 12.1 Å². The fourth-order valence-corrected chi connectivity index (χ4v) is 3.74. The molecule has 0 spiro atoms. The minimum Gasteiger partial charge on any atom is -0.497 e. The molecule has 2 aromatic rings. The summed E-state index contributed by atoms with van der Waals surface area (Å²) in [6.07, 6.45) is 0.245. The summed E-state index contributed by atoms with van der Waals surface area (Å²) in [6, 6.07) is 14.8. The van der Waals surface area contributed by atoms with Gasteiger partial charge in [0, 0.05) is 45.0 Å². The average Bonchev–Trinajstić information content (AvgIpc) is 2.88. The normalized spacial score (nSPS) is 15.1. The van der Waals surface area contributed by atoms with Crippen LogP contribution in [0.1, 0.15) is 23.7 Å². The number of β-amino-alcohol motifs (C(OH)–C–C–N with tert-alkyl or cyclic N) is 1. The van der Waals surface area contributed by atoms with Gasteiger partial charge in [-0.15, -0.1) is 0 Å². The van der Waals surface area contributed by atoms with E-state index in [-0.39, 0.29) is 6.61 Å². The molecule has 0 amide bonds. The van der Waals surface area contributed by atoms with Gasteiger partial charge in [-0.3, -0.25) is 4.90 Å². The Hall–Kier alpha value is -2.81. The van der Waals surface area contributed by atoms with Crippen molar-refractivity contribution >= 4 is 11.7 Å². The van der Waals surface area contributed by atoms with Gasteiger partial charge < -0.3 is 29.0 Å². The fourth-order valence-electron chi connectivity index (χ4n) is 3.74. The first-order valence-electron chi connectivity index (χ1n) is 11.9. The number of aliphatic hydroxyl groups is 1. The largest absolute Gasteiger partial charge is 0.497 e. The zero-order chi connectivity index (χ0) is 24.2. The maximum absolute atomic E-state index is 12.3. The second-order valence-electron chi connectivity index (χ2n) is 8.22. The van der Waals surface area contributed by atoms with Gasteiger partial charge in [-0.25, -0.2) is 4.79 Å². The molecular formula is C26H36N2O6. The number of nitrogens with zero attached hydrogens (tertiary/aromatic N) is 2. The molecule has 1 heterocycles. The fraction of sp³-hybridized carbons (Fsp3) is 0.500. The molecule has 186 valence electrons. The van der Waals surface area contributed by atoms with Crippen molar-refractivity contribution in [2.45, 2.75) is 19.4 Å². The molecule has 1 N–H and O–H groups in total. The van der Waals surface area contributed by atoms with E-state index in [1.54, 1.807) is 31.4 Å². The molecule has 2 aromatic carbocycles. The number of methoxy groups -OCH3 is 1. The number of rotatable bonds is 13. The van der Waals surface area contributed by atoms with Gasteiger partial charge in [0.1, 0.15) is 30.8 Å². The molecule has 0 saturated carbocycles. The Morgan fingerprint density at radius 2 is 1.62 bits per heavy atom. The molecule has 8 heteroatoms. The summed E-state index contributed by atoms with van der Waals surface area (Å²) in [6.45, 7) is 7.63. The second-order valence-corrected chi connectivity index (χ2v) is 8.22. The number of ether oxygens (including phenoxy) is 4. The van der Waals surface area contributed by atoms with E-state index >= 15 is 0 Å². The van der Waals surface area contributed by atoms with Crippen molar-refractivity contribution in [3.63, 3.8) is 0 Å². The van der Waals surface area contributed by atoms with E-state index < -0.39 is 12.1 Å². The lowest BCUT2D eigenvalue weighted by Crippen LogP contribution is -2.49. The van der Waals surface area contributed by atoms with E-state index in [9.17, 15) is 9.90 Å². The molecule has 1 saturated heterocycles. The van der Waals surface area contributed by atoms with Crippen molar-refractivity contribution in [2.24, 2.45) is 0 Å². The molecule has 1 unspecified atom stereocenters. The van der Waals surface area contributed by atoms with Crippen LogP contribution in [-0.4, -0.2) is 88.3 Å². The van der Waals surface area contributed by atoms with E-state index in [0.717, 1.165) is 50.6 Å². The molecule has 1 atom stereocenters. The Morgan fingerprint density at radius 1 is 0.941 bits per heavy atom. The predicted octanol–water partition coefficient (Wildman–Crippen LogP) is 2.84.